The maximum atomic E-state index is 4.12. The van der Waals surface area contributed by atoms with Crippen molar-refractivity contribution in [1.82, 2.24) is 0 Å². The Kier molecular flexibility index (Phi) is 2.84. The second-order valence-corrected chi connectivity index (χ2v) is 2.54. The minimum Gasteiger partial charge on any atom is -0.264 e. The molecule has 0 fully saturated rings. The average Bonchev–Trinajstić information content (AvgIpc) is 1.98. The lowest BCUT2D eigenvalue weighted by atomic mass is 10.1. The molecule has 0 unspecified atom stereocenters. The van der Waals surface area contributed by atoms with Gasteiger partial charge in [-0.1, -0.05) is 19.1 Å². The molecular weight excluding hydrogens is 134 g/mol. The van der Waals surface area contributed by atoms with Crippen LogP contribution in [0.3, 0.4) is 0 Å². The summed E-state index contributed by atoms with van der Waals surface area (Å²) in [4.78, 5) is 4.12. The lowest BCUT2D eigenvalue weighted by molar-refractivity contribution is 1.09. The van der Waals surface area contributed by atoms with E-state index >= 15 is 0 Å². The molecule has 0 radical (unpaired) electrons. The minimum absolute atomic E-state index is 1.05. The third-order valence-electron chi connectivity index (χ3n) is 1.75. The minimum atomic E-state index is 1.05. The van der Waals surface area contributed by atoms with Gasteiger partial charge in [0.25, 0.3) is 0 Å². The summed E-state index contributed by atoms with van der Waals surface area (Å²) in [6.45, 7) is 4.25. The summed E-state index contributed by atoms with van der Waals surface area (Å²) in [5.41, 5.74) is 2.62. The molecule has 0 amide bonds. The average molecular weight is 147 g/mol. The fourth-order valence-electron chi connectivity index (χ4n) is 1.01. The zero-order chi connectivity index (χ0) is 8.10. The molecule has 1 aliphatic rings. The Morgan fingerprint density at radius 3 is 2.91 bits per heavy atom. The molecule has 1 heteroatoms. The summed E-state index contributed by atoms with van der Waals surface area (Å²) in [7, 11) is 0. The largest absolute Gasteiger partial charge is 0.264 e. The molecule has 0 N–H and O–H groups in total. The number of allylic oxidation sites excluding steroid dienone is 5. The summed E-state index contributed by atoms with van der Waals surface area (Å²) >= 11 is 0. The van der Waals surface area contributed by atoms with Gasteiger partial charge in [-0.2, -0.15) is 0 Å². The highest BCUT2D eigenvalue weighted by Crippen LogP contribution is 2.13. The van der Waals surface area contributed by atoms with Crippen LogP contribution in [0.4, 0.5) is 0 Å². The molecule has 58 valence electrons. The molecule has 1 rings (SSSR count). The van der Waals surface area contributed by atoms with Crippen molar-refractivity contribution in [3.8, 4) is 0 Å². The van der Waals surface area contributed by atoms with Crippen LogP contribution in [0.1, 0.15) is 20.3 Å². The first-order valence-corrected chi connectivity index (χ1v) is 3.90. The molecule has 0 atom stereocenters. The third kappa shape index (κ3) is 2.19. The van der Waals surface area contributed by atoms with Crippen LogP contribution in [0.25, 0.3) is 0 Å². The van der Waals surface area contributed by atoms with Crippen LogP contribution in [0, 0.1) is 0 Å². The van der Waals surface area contributed by atoms with Gasteiger partial charge in [0.2, 0.25) is 0 Å². The quantitative estimate of drug-likeness (QED) is 0.540. The SMILES string of the molecule is CCC1=C/N=C/C=C\C=C\1C. The standard InChI is InChI=1S/C10H13N/c1-3-10-8-11-7-5-4-6-9(10)2/h4-8H,3H2,1-2H3/b5-4-,6-4?,7-5?,9-6+,10-8-,10-9?,11-7+,11-8?. The van der Waals surface area contributed by atoms with Crippen molar-refractivity contribution in [1.29, 1.82) is 0 Å². The topological polar surface area (TPSA) is 12.4 Å². The third-order valence-corrected chi connectivity index (χ3v) is 1.75. The van der Waals surface area contributed by atoms with E-state index in [9.17, 15) is 0 Å². The van der Waals surface area contributed by atoms with Crippen LogP contribution in [0.15, 0.2) is 40.6 Å². The molecular formula is C10H13N. The Bertz CT molecular complexity index is 242. The second-order valence-electron chi connectivity index (χ2n) is 2.54. The Balaban J connectivity index is 2.89. The number of rotatable bonds is 1. The molecule has 0 saturated heterocycles. The molecule has 0 saturated carbocycles. The van der Waals surface area contributed by atoms with Crippen molar-refractivity contribution in [2.75, 3.05) is 0 Å². The van der Waals surface area contributed by atoms with Crippen molar-refractivity contribution in [3.05, 3.63) is 35.6 Å². The molecule has 1 aliphatic heterocycles. The molecule has 0 spiro atoms. The lowest BCUT2D eigenvalue weighted by Gasteiger charge is -2.02. The molecule has 11 heavy (non-hydrogen) atoms. The maximum absolute atomic E-state index is 4.12. The molecule has 1 nitrogen and oxygen atoms in total. The Hall–Kier alpha value is -1.11. The highest BCUT2D eigenvalue weighted by Gasteiger charge is 1.95. The van der Waals surface area contributed by atoms with Crippen LogP contribution >= 0.6 is 0 Å². The van der Waals surface area contributed by atoms with E-state index in [1.54, 1.807) is 6.21 Å². The van der Waals surface area contributed by atoms with Gasteiger partial charge in [0.05, 0.1) is 0 Å². The van der Waals surface area contributed by atoms with Crippen molar-refractivity contribution in [2.24, 2.45) is 4.99 Å². The van der Waals surface area contributed by atoms with Gasteiger partial charge in [0, 0.05) is 12.4 Å². The molecule has 0 aromatic heterocycles. The number of nitrogens with zero attached hydrogens (tertiary/aromatic N) is 1. The van der Waals surface area contributed by atoms with Crippen molar-refractivity contribution in [2.45, 2.75) is 20.3 Å². The predicted molar refractivity (Wildman–Crippen MR) is 49.8 cm³/mol. The first-order chi connectivity index (χ1) is 5.34. The van der Waals surface area contributed by atoms with E-state index < -0.39 is 0 Å². The Morgan fingerprint density at radius 1 is 1.36 bits per heavy atom. The Labute approximate surface area is 67.8 Å². The van der Waals surface area contributed by atoms with Crippen LogP contribution in [-0.4, -0.2) is 6.21 Å². The first-order valence-electron chi connectivity index (χ1n) is 3.90. The highest BCUT2D eigenvalue weighted by atomic mass is 14.7. The van der Waals surface area contributed by atoms with E-state index in [1.807, 2.05) is 18.4 Å². The van der Waals surface area contributed by atoms with Crippen LogP contribution in [0.2, 0.25) is 0 Å². The van der Waals surface area contributed by atoms with Crippen LogP contribution in [0.5, 0.6) is 0 Å². The summed E-state index contributed by atoms with van der Waals surface area (Å²) in [5, 5.41) is 0. The van der Waals surface area contributed by atoms with E-state index in [2.05, 4.69) is 24.9 Å². The summed E-state index contributed by atoms with van der Waals surface area (Å²) in [6.07, 6.45) is 10.8. The lowest BCUT2D eigenvalue weighted by Crippen LogP contribution is -1.84. The number of hydrogen-bond donors (Lipinski definition) is 0. The van der Waals surface area contributed by atoms with Gasteiger partial charge in [-0.3, -0.25) is 4.99 Å². The molecule has 0 aliphatic carbocycles. The zero-order valence-corrected chi connectivity index (χ0v) is 7.04. The van der Waals surface area contributed by atoms with E-state index in [1.165, 1.54) is 11.1 Å². The van der Waals surface area contributed by atoms with Crippen LogP contribution < -0.4 is 0 Å². The molecule has 0 aromatic carbocycles. The van der Waals surface area contributed by atoms with Crippen molar-refractivity contribution >= 4 is 6.21 Å². The molecule has 0 bridgehead atoms. The van der Waals surface area contributed by atoms with Gasteiger partial charge >= 0.3 is 0 Å². The summed E-state index contributed by atoms with van der Waals surface area (Å²) < 4.78 is 0. The van der Waals surface area contributed by atoms with Gasteiger partial charge in [-0.25, -0.2) is 0 Å². The first kappa shape index (κ1) is 7.99. The number of hydrogen-bond acceptors (Lipinski definition) is 1. The fourth-order valence-corrected chi connectivity index (χ4v) is 1.01. The second kappa shape index (κ2) is 3.91. The normalized spacial score (nSPS) is 32.2. The van der Waals surface area contributed by atoms with Gasteiger partial charge < -0.3 is 0 Å². The van der Waals surface area contributed by atoms with Crippen LogP contribution in [-0.2, 0) is 0 Å². The van der Waals surface area contributed by atoms with Gasteiger partial charge in [0.1, 0.15) is 0 Å². The summed E-state index contributed by atoms with van der Waals surface area (Å²) in [5.74, 6) is 0. The zero-order valence-electron chi connectivity index (χ0n) is 7.04. The summed E-state index contributed by atoms with van der Waals surface area (Å²) in [6, 6.07) is 0. The van der Waals surface area contributed by atoms with Crippen molar-refractivity contribution in [3.63, 3.8) is 0 Å². The Morgan fingerprint density at radius 2 is 2.18 bits per heavy atom. The molecule has 1 heterocycles. The van der Waals surface area contributed by atoms with E-state index in [-0.39, 0.29) is 0 Å². The maximum Gasteiger partial charge on any atom is 0.0302 e. The smallest absolute Gasteiger partial charge is 0.0302 e. The highest BCUT2D eigenvalue weighted by molar-refractivity contribution is 5.72. The van der Waals surface area contributed by atoms with Gasteiger partial charge in [0.15, 0.2) is 0 Å². The molecule has 0 aromatic rings. The van der Waals surface area contributed by atoms with E-state index in [0.717, 1.165) is 6.42 Å². The van der Waals surface area contributed by atoms with Gasteiger partial charge in [-0.15, -0.1) is 0 Å². The monoisotopic (exact) mass is 147 g/mol. The van der Waals surface area contributed by atoms with Crippen molar-refractivity contribution < 1.29 is 0 Å². The van der Waals surface area contributed by atoms with E-state index in [0.29, 0.717) is 0 Å². The fraction of sp³-hybridized carbons (Fsp3) is 0.300. The van der Waals surface area contributed by atoms with Gasteiger partial charge in [-0.05, 0) is 30.6 Å². The predicted octanol–water partition coefficient (Wildman–Crippen LogP) is 2.87. The van der Waals surface area contributed by atoms with E-state index in [4.69, 9.17) is 0 Å². The number of aliphatic imine (C=N–C) groups is 1.